The Labute approximate surface area is 77.9 Å². The van der Waals surface area contributed by atoms with Crippen molar-refractivity contribution in [2.75, 3.05) is 39.8 Å². The average Bonchev–Trinajstić information content (AvgIpc) is 2.18. The Kier molecular flexibility index (Phi) is 3.53. The van der Waals surface area contributed by atoms with E-state index in [1.54, 1.807) is 16.8 Å². The first kappa shape index (κ1) is 9.81. The smallest absolute Gasteiger partial charge is 0.236 e. The summed E-state index contributed by atoms with van der Waals surface area (Å²) in [6.45, 7) is 3.02. The fourth-order valence-corrected chi connectivity index (χ4v) is 1.32. The summed E-state index contributed by atoms with van der Waals surface area (Å²) in [5.74, 6) is 0.111. The molecule has 0 saturated carbocycles. The van der Waals surface area contributed by atoms with Crippen LogP contribution in [0.2, 0.25) is 0 Å². The van der Waals surface area contributed by atoms with E-state index in [0.29, 0.717) is 32.7 Å². The van der Waals surface area contributed by atoms with Gasteiger partial charge in [0, 0.05) is 26.2 Å². The summed E-state index contributed by atoms with van der Waals surface area (Å²) in [7, 11) is 1.75. The Morgan fingerprint density at radius 3 is 2.54 bits per heavy atom. The molecular formula is C8H14N4O. The van der Waals surface area contributed by atoms with Crippen molar-refractivity contribution in [3.8, 4) is 6.19 Å². The van der Waals surface area contributed by atoms with E-state index in [0.717, 1.165) is 0 Å². The van der Waals surface area contributed by atoms with Crippen LogP contribution in [0.25, 0.3) is 0 Å². The van der Waals surface area contributed by atoms with Gasteiger partial charge in [0.1, 0.15) is 0 Å². The molecule has 0 unspecified atom stereocenters. The second-order valence-electron chi connectivity index (χ2n) is 3.00. The van der Waals surface area contributed by atoms with E-state index in [1.807, 2.05) is 0 Å². The lowest BCUT2D eigenvalue weighted by Gasteiger charge is -2.31. The minimum Gasteiger partial charge on any atom is -0.338 e. The second-order valence-corrected chi connectivity index (χ2v) is 3.00. The molecule has 1 rings (SSSR count). The molecule has 0 atom stereocenters. The number of hydrogen-bond donors (Lipinski definition) is 1. The van der Waals surface area contributed by atoms with Crippen molar-refractivity contribution in [1.82, 2.24) is 15.1 Å². The van der Waals surface area contributed by atoms with Crippen molar-refractivity contribution in [1.29, 1.82) is 5.26 Å². The van der Waals surface area contributed by atoms with Gasteiger partial charge in [-0.25, -0.2) is 0 Å². The van der Waals surface area contributed by atoms with Crippen LogP contribution in [0.15, 0.2) is 0 Å². The molecule has 1 saturated heterocycles. The molecule has 0 aliphatic carbocycles. The van der Waals surface area contributed by atoms with Gasteiger partial charge in [0.05, 0.1) is 6.54 Å². The Morgan fingerprint density at radius 1 is 1.46 bits per heavy atom. The summed E-state index contributed by atoms with van der Waals surface area (Å²) in [4.78, 5) is 14.8. The molecule has 1 fully saturated rings. The predicted octanol–water partition coefficient (Wildman–Crippen LogP) is -1.17. The molecule has 72 valence electrons. The normalized spacial score (nSPS) is 16.9. The van der Waals surface area contributed by atoms with Gasteiger partial charge >= 0.3 is 0 Å². The largest absolute Gasteiger partial charge is 0.338 e. The number of carbonyl (C=O) groups is 1. The fraction of sp³-hybridized carbons (Fsp3) is 0.750. The van der Waals surface area contributed by atoms with E-state index in [9.17, 15) is 4.79 Å². The molecule has 13 heavy (non-hydrogen) atoms. The highest BCUT2D eigenvalue weighted by molar-refractivity contribution is 5.78. The summed E-state index contributed by atoms with van der Waals surface area (Å²) >= 11 is 0. The molecular weight excluding hydrogens is 168 g/mol. The lowest BCUT2D eigenvalue weighted by atomic mass is 10.3. The number of nitriles is 1. The summed E-state index contributed by atoms with van der Waals surface area (Å²) in [5, 5.41) is 11.4. The number of carbonyl (C=O) groups excluding carboxylic acids is 1. The quantitative estimate of drug-likeness (QED) is 0.547. The Bertz CT molecular complexity index is 215. The number of nitrogens with one attached hydrogen (secondary N) is 1. The molecule has 1 aliphatic heterocycles. The van der Waals surface area contributed by atoms with Gasteiger partial charge in [-0.05, 0) is 7.05 Å². The third-order valence-corrected chi connectivity index (χ3v) is 2.10. The molecule has 5 nitrogen and oxygen atoms in total. The van der Waals surface area contributed by atoms with E-state index in [2.05, 4.69) is 11.5 Å². The summed E-state index contributed by atoms with van der Waals surface area (Å²) in [5.41, 5.74) is 0. The maximum Gasteiger partial charge on any atom is 0.236 e. The molecule has 1 heterocycles. The predicted molar refractivity (Wildman–Crippen MR) is 47.7 cm³/mol. The minimum atomic E-state index is 0.111. The first-order valence-corrected chi connectivity index (χ1v) is 4.35. The van der Waals surface area contributed by atoms with Gasteiger partial charge in [-0.3, -0.25) is 4.79 Å². The Hall–Kier alpha value is -1.28. The van der Waals surface area contributed by atoms with Gasteiger partial charge in [-0.1, -0.05) is 0 Å². The topological polar surface area (TPSA) is 59.4 Å². The van der Waals surface area contributed by atoms with Crippen LogP contribution >= 0.6 is 0 Å². The molecule has 1 amide bonds. The zero-order valence-corrected chi connectivity index (χ0v) is 7.79. The maximum absolute atomic E-state index is 11.4. The van der Waals surface area contributed by atoms with E-state index in [1.165, 1.54) is 0 Å². The van der Waals surface area contributed by atoms with Crippen LogP contribution in [0.3, 0.4) is 0 Å². The molecule has 0 aromatic heterocycles. The zero-order valence-electron chi connectivity index (χ0n) is 7.79. The number of rotatable bonds is 2. The summed E-state index contributed by atoms with van der Waals surface area (Å²) in [6.07, 6.45) is 2.08. The number of hydrogen-bond acceptors (Lipinski definition) is 4. The van der Waals surface area contributed by atoms with Crippen LogP contribution < -0.4 is 5.32 Å². The van der Waals surface area contributed by atoms with Crippen LogP contribution in [-0.2, 0) is 4.79 Å². The minimum absolute atomic E-state index is 0.111. The van der Waals surface area contributed by atoms with Crippen LogP contribution in [0, 0.1) is 11.5 Å². The molecule has 0 bridgehead atoms. The standard InChI is InChI=1S/C8H14N4O/c1-10-6-8(13)12-4-2-11(7-9)3-5-12/h10H,2-6H2,1H3. The van der Waals surface area contributed by atoms with Crippen molar-refractivity contribution >= 4 is 5.91 Å². The highest BCUT2D eigenvalue weighted by Gasteiger charge is 2.19. The molecule has 0 aromatic carbocycles. The molecule has 5 heteroatoms. The van der Waals surface area contributed by atoms with Gasteiger partial charge in [0.15, 0.2) is 6.19 Å². The Balaban J connectivity index is 2.33. The molecule has 1 aliphatic rings. The molecule has 1 N–H and O–H groups in total. The maximum atomic E-state index is 11.4. The first-order chi connectivity index (χ1) is 6.27. The van der Waals surface area contributed by atoms with Crippen molar-refractivity contribution in [2.45, 2.75) is 0 Å². The molecule has 0 radical (unpaired) electrons. The third kappa shape index (κ3) is 2.60. The van der Waals surface area contributed by atoms with Gasteiger partial charge in [0.25, 0.3) is 0 Å². The van der Waals surface area contributed by atoms with Crippen molar-refractivity contribution in [3.63, 3.8) is 0 Å². The number of nitrogens with zero attached hydrogens (tertiary/aromatic N) is 3. The van der Waals surface area contributed by atoms with Crippen LogP contribution in [0.4, 0.5) is 0 Å². The highest BCUT2D eigenvalue weighted by atomic mass is 16.2. The summed E-state index contributed by atoms with van der Waals surface area (Å²) < 4.78 is 0. The fourth-order valence-electron chi connectivity index (χ4n) is 1.32. The van der Waals surface area contributed by atoms with Crippen LogP contribution in [-0.4, -0.2) is 55.5 Å². The van der Waals surface area contributed by atoms with Crippen molar-refractivity contribution in [2.24, 2.45) is 0 Å². The second kappa shape index (κ2) is 4.67. The van der Waals surface area contributed by atoms with Crippen molar-refractivity contribution < 1.29 is 4.79 Å². The summed E-state index contributed by atoms with van der Waals surface area (Å²) in [6, 6.07) is 0. The Morgan fingerprint density at radius 2 is 2.08 bits per heavy atom. The SMILES string of the molecule is CNCC(=O)N1CCN(C#N)CC1. The highest BCUT2D eigenvalue weighted by Crippen LogP contribution is 1.99. The molecule has 0 aromatic rings. The lowest BCUT2D eigenvalue weighted by Crippen LogP contribution is -2.49. The van der Waals surface area contributed by atoms with E-state index < -0.39 is 0 Å². The van der Waals surface area contributed by atoms with E-state index in [-0.39, 0.29) is 5.91 Å². The van der Waals surface area contributed by atoms with E-state index >= 15 is 0 Å². The first-order valence-electron chi connectivity index (χ1n) is 4.35. The number of piperazine rings is 1. The monoisotopic (exact) mass is 182 g/mol. The van der Waals surface area contributed by atoms with Crippen LogP contribution in [0.1, 0.15) is 0 Å². The third-order valence-electron chi connectivity index (χ3n) is 2.10. The lowest BCUT2D eigenvalue weighted by molar-refractivity contribution is -0.131. The number of amides is 1. The molecule has 0 spiro atoms. The van der Waals surface area contributed by atoms with Gasteiger partial charge < -0.3 is 15.1 Å². The van der Waals surface area contributed by atoms with Gasteiger partial charge in [0.2, 0.25) is 5.91 Å². The van der Waals surface area contributed by atoms with Crippen LogP contribution in [0.5, 0.6) is 0 Å². The van der Waals surface area contributed by atoms with Crippen molar-refractivity contribution in [3.05, 3.63) is 0 Å². The van der Waals surface area contributed by atoms with Gasteiger partial charge in [-0.15, -0.1) is 0 Å². The number of likely N-dealkylation sites (N-methyl/N-ethyl adjacent to an activating group) is 1. The van der Waals surface area contributed by atoms with E-state index in [4.69, 9.17) is 5.26 Å². The van der Waals surface area contributed by atoms with Gasteiger partial charge in [-0.2, -0.15) is 5.26 Å². The average molecular weight is 182 g/mol. The zero-order chi connectivity index (χ0) is 9.68.